The molecule has 1 atom stereocenters. The zero-order valence-electron chi connectivity index (χ0n) is 11.0. The van der Waals surface area contributed by atoms with Gasteiger partial charge in [0.2, 0.25) is 0 Å². The van der Waals surface area contributed by atoms with E-state index in [0.717, 1.165) is 32.5 Å². The van der Waals surface area contributed by atoms with Crippen LogP contribution in [-0.4, -0.2) is 50.9 Å². The zero-order valence-corrected chi connectivity index (χ0v) is 11.0. The fourth-order valence-electron chi connectivity index (χ4n) is 2.46. The molecule has 106 valence electrons. The number of ether oxygens (including phenoxy) is 1. The number of hydrogen-bond acceptors (Lipinski definition) is 7. The number of hydrogen-bond donors (Lipinski definition) is 1. The van der Waals surface area contributed by atoms with E-state index < -0.39 is 0 Å². The number of nitrogens with zero attached hydrogens (tertiary/aromatic N) is 5. The molecule has 0 amide bonds. The van der Waals surface area contributed by atoms with Crippen molar-refractivity contribution in [2.75, 3.05) is 19.7 Å². The summed E-state index contributed by atoms with van der Waals surface area (Å²) in [5.41, 5.74) is 0.628. The van der Waals surface area contributed by atoms with E-state index in [-0.39, 0.29) is 6.10 Å². The molecule has 4 heterocycles. The molecule has 4 rings (SSSR count). The van der Waals surface area contributed by atoms with Crippen molar-refractivity contribution in [1.82, 2.24) is 30.5 Å². The standard InChI is InChI=1S/C12H16N6O2/c1-2-9(19-3-1)4-11-14-12(20-16-11)10-7-18(17-15-10)8-5-13-6-8/h7-9,13H,1-6H2. The minimum atomic E-state index is 0.220. The van der Waals surface area contributed by atoms with Gasteiger partial charge in [0.05, 0.1) is 18.3 Å². The minimum Gasteiger partial charge on any atom is -0.378 e. The van der Waals surface area contributed by atoms with Crippen molar-refractivity contribution in [3.63, 3.8) is 0 Å². The van der Waals surface area contributed by atoms with Crippen LogP contribution in [0.4, 0.5) is 0 Å². The van der Waals surface area contributed by atoms with Crippen molar-refractivity contribution in [2.45, 2.75) is 31.4 Å². The Labute approximate surface area is 115 Å². The van der Waals surface area contributed by atoms with E-state index >= 15 is 0 Å². The van der Waals surface area contributed by atoms with Gasteiger partial charge >= 0.3 is 0 Å². The largest absolute Gasteiger partial charge is 0.378 e. The molecule has 2 aromatic heterocycles. The summed E-state index contributed by atoms with van der Waals surface area (Å²) in [7, 11) is 0. The van der Waals surface area contributed by atoms with Gasteiger partial charge < -0.3 is 14.6 Å². The van der Waals surface area contributed by atoms with Gasteiger partial charge in [-0.3, -0.25) is 0 Å². The first-order chi connectivity index (χ1) is 9.88. The van der Waals surface area contributed by atoms with Crippen LogP contribution in [0.2, 0.25) is 0 Å². The molecule has 0 saturated carbocycles. The molecule has 0 aromatic carbocycles. The number of rotatable bonds is 4. The first kappa shape index (κ1) is 12.0. The third-order valence-corrected chi connectivity index (χ3v) is 3.77. The normalized spacial score (nSPS) is 23.1. The van der Waals surface area contributed by atoms with E-state index in [1.54, 1.807) is 0 Å². The van der Waals surface area contributed by atoms with Crippen LogP contribution >= 0.6 is 0 Å². The van der Waals surface area contributed by atoms with E-state index in [0.29, 0.717) is 29.9 Å². The van der Waals surface area contributed by atoms with Crippen LogP contribution in [-0.2, 0) is 11.2 Å². The van der Waals surface area contributed by atoms with Gasteiger partial charge in [0.1, 0.15) is 0 Å². The maximum atomic E-state index is 5.57. The van der Waals surface area contributed by atoms with Gasteiger partial charge in [0, 0.05) is 26.1 Å². The third-order valence-electron chi connectivity index (χ3n) is 3.77. The lowest BCUT2D eigenvalue weighted by atomic mass is 10.2. The summed E-state index contributed by atoms with van der Waals surface area (Å²) >= 11 is 0. The van der Waals surface area contributed by atoms with Crippen LogP contribution in [0.15, 0.2) is 10.7 Å². The molecule has 2 aliphatic heterocycles. The molecule has 2 aromatic rings. The maximum absolute atomic E-state index is 5.57. The van der Waals surface area contributed by atoms with Crippen LogP contribution in [0, 0.1) is 0 Å². The van der Waals surface area contributed by atoms with Crippen molar-refractivity contribution < 1.29 is 9.26 Å². The Bertz CT molecular complexity index is 584. The molecule has 0 aliphatic carbocycles. The smallest absolute Gasteiger partial charge is 0.280 e. The highest BCUT2D eigenvalue weighted by molar-refractivity contribution is 5.43. The maximum Gasteiger partial charge on any atom is 0.280 e. The average molecular weight is 276 g/mol. The monoisotopic (exact) mass is 276 g/mol. The molecule has 2 aliphatic rings. The molecule has 0 bridgehead atoms. The first-order valence-electron chi connectivity index (χ1n) is 6.95. The quantitative estimate of drug-likeness (QED) is 0.852. The highest BCUT2D eigenvalue weighted by atomic mass is 16.5. The van der Waals surface area contributed by atoms with Crippen LogP contribution in [0.25, 0.3) is 11.6 Å². The summed E-state index contributed by atoms with van der Waals surface area (Å²) in [5.74, 6) is 1.10. The Kier molecular flexibility index (Phi) is 2.96. The Balaban J connectivity index is 1.47. The molecule has 8 heteroatoms. The molecule has 0 spiro atoms. The fraction of sp³-hybridized carbons (Fsp3) is 0.667. The Morgan fingerprint density at radius 2 is 2.35 bits per heavy atom. The van der Waals surface area contributed by atoms with Gasteiger partial charge in [-0.15, -0.1) is 5.10 Å². The van der Waals surface area contributed by atoms with E-state index in [2.05, 4.69) is 25.8 Å². The predicted molar refractivity (Wildman–Crippen MR) is 67.9 cm³/mol. The second-order valence-corrected chi connectivity index (χ2v) is 5.25. The molecule has 2 saturated heterocycles. The number of nitrogens with one attached hydrogen (secondary N) is 1. The third kappa shape index (κ3) is 2.20. The van der Waals surface area contributed by atoms with Gasteiger partial charge in [-0.05, 0) is 12.8 Å². The summed E-state index contributed by atoms with van der Waals surface area (Å²) in [4.78, 5) is 4.37. The van der Waals surface area contributed by atoms with E-state index in [1.165, 1.54) is 0 Å². The fourth-order valence-corrected chi connectivity index (χ4v) is 2.46. The average Bonchev–Trinajstić information content (AvgIpc) is 3.07. The number of aromatic nitrogens is 5. The van der Waals surface area contributed by atoms with Crippen molar-refractivity contribution >= 4 is 0 Å². The predicted octanol–water partition coefficient (Wildman–Crippen LogP) is 0.194. The highest BCUT2D eigenvalue weighted by Gasteiger charge is 2.23. The van der Waals surface area contributed by atoms with Crippen molar-refractivity contribution in [1.29, 1.82) is 0 Å². The lowest BCUT2D eigenvalue weighted by molar-refractivity contribution is 0.109. The van der Waals surface area contributed by atoms with E-state index in [4.69, 9.17) is 9.26 Å². The van der Waals surface area contributed by atoms with Crippen molar-refractivity contribution in [3.8, 4) is 11.6 Å². The lowest BCUT2D eigenvalue weighted by Gasteiger charge is -2.26. The van der Waals surface area contributed by atoms with Gasteiger partial charge in [-0.25, -0.2) is 4.68 Å². The minimum absolute atomic E-state index is 0.220. The zero-order chi connectivity index (χ0) is 13.4. The topological polar surface area (TPSA) is 90.9 Å². The van der Waals surface area contributed by atoms with E-state index in [1.807, 2.05) is 10.9 Å². The molecule has 8 nitrogen and oxygen atoms in total. The molecule has 1 N–H and O–H groups in total. The van der Waals surface area contributed by atoms with Gasteiger partial charge in [-0.1, -0.05) is 10.4 Å². The van der Waals surface area contributed by atoms with Crippen molar-refractivity contribution in [2.24, 2.45) is 0 Å². The molecule has 0 radical (unpaired) electrons. The van der Waals surface area contributed by atoms with E-state index in [9.17, 15) is 0 Å². The summed E-state index contributed by atoms with van der Waals surface area (Å²) in [6, 6.07) is 0.380. The Morgan fingerprint density at radius 1 is 1.40 bits per heavy atom. The lowest BCUT2D eigenvalue weighted by Crippen LogP contribution is -2.43. The summed E-state index contributed by atoms with van der Waals surface area (Å²) < 4.78 is 12.7. The molecular formula is C12H16N6O2. The summed E-state index contributed by atoms with van der Waals surface area (Å²) in [5, 5.41) is 15.4. The van der Waals surface area contributed by atoms with Crippen LogP contribution in [0.1, 0.15) is 24.7 Å². The van der Waals surface area contributed by atoms with Crippen LogP contribution in [0.5, 0.6) is 0 Å². The van der Waals surface area contributed by atoms with Crippen LogP contribution < -0.4 is 5.32 Å². The Hall–Kier alpha value is -1.80. The van der Waals surface area contributed by atoms with Gasteiger partial charge in [0.25, 0.3) is 5.89 Å². The molecule has 20 heavy (non-hydrogen) atoms. The molecular weight excluding hydrogens is 260 g/mol. The first-order valence-corrected chi connectivity index (χ1v) is 6.95. The summed E-state index contributed by atoms with van der Waals surface area (Å²) in [6.45, 7) is 2.69. The molecule has 1 unspecified atom stereocenters. The highest BCUT2D eigenvalue weighted by Crippen LogP contribution is 2.19. The van der Waals surface area contributed by atoms with Crippen LogP contribution in [0.3, 0.4) is 0 Å². The SMILES string of the molecule is c1c(-c2nc(CC3CCCO3)no2)nnn1C1CNC1. The second kappa shape index (κ2) is 4.95. The second-order valence-electron chi connectivity index (χ2n) is 5.25. The van der Waals surface area contributed by atoms with Crippen molar-refractivity contribution in [3.05, 3.63) is 12.0 Å². The molecule has 2 fully saturated rings. The van der Waals surface area contributed by atoms with Gasteiger partial charge in [0.15, 0.2) is 11.5 Å². The Morgan fingerprint density at radius 3 is 3.10 bits per heavy atom. The van der Waals surface area contributed by atoms with Gasteiger partial charge in [-0.2, -0.15) is 4.98 Å². The summed E-state index contributed by atoms with van der Waals surface area (Å²) in [6.07, 6.45) is 4.95.